The molecule has 1 amide bonds. The molecule has 1 aromatic rings. The lowest BCUT2D eigenvalue weighted by atomic mass is 10.1. The van der Waals surface area contributed by atoms with Gasteiger partial charge in [0.15, 0.2) is 0 Å². The lowest BCUT2D eigenvalue weighted by Gasteiger charge is -2.23. The Morgan fingerprint density at radius 2 is 2.14 bits per heavy atom. The number of carbonyl (C=O) groups is 1. The summed E-state index contributed by atoms with van der Waals surface area (Å²) in [5.41, 5.74) is 1.91. The number of hydrogen-bond donors (Lipinski definition) is 2. The topological polar surface area (TPSA) is 59.6 Å². The van der Waals surface area contributed by atoms with Crippen LogP contribution >= 0.6 is 12.4 Å². The molecule has 0 radical (unpaired) electrons. The molecule has 0 bridgehead atoms. The summed E-state index contributed by atoms with van der Waals surface area (Å²) in [6.07, 6.45) is 0.646. The van der Waals surface area contributed by atoms with E-state index in [-0.39, 0.29) is 30.5 Å². The summed E-state index contributed by atoms with van der Waals surface area (Å²) in [7, 11) is 0. The fourth-order valence-corrected chi connectivity index (χ4v) is 2.13. The number of rotatable bonds is 6. The second-order valence-corrected chi connectivity index (χ2v) is 5.53. The van der Waals surface area contributed by atoms with Gasteiger partial charge in [-0.05, 0) is 31.5 Å². The van der Waals surface area contributed by atoms with Crippen LogP contribution in [0.25, 0.3) is 0 Å². The van der Waals surface area contributed by atoms with E-state index < -0.39 is 0 Å². The predicted molar refractivity (Wildman–Crippen MR) is 89.5 cm³/mol. The van der Waals surface area contributed by atoms with Crippen molar-refractivity contribution in [1.82, 2.24) is 5.32 Å². The average Bonchev–Trinajstić information content (AvgIpc) is 2.47. The molecule has 0 spiro atoms. The first-order chi connectivity index (χ1) is 10.1. The minimum atomic E-state index is 0. The normalized spacial score (nSPS) is 17.9. The minimum absolute atomic E-state index is 0. The van der Waals surface area contributed by atoms with Crippen LogP contribution in [0, 0.1) is 0 Å². The van der Waals surface area contributed by atoms with Crippen LogP contribution in [0.1, 0.15) is 25.8 Å². The summed E-state index contributed by atoms with van der Waals surface area (Å²) in [5, 5.41) is 6.18. The quantitative estimate of drug-likeness (QED) is 0.841. The summed E-state index contributed by atoms with van der Waals surface area (Å²) in [5.74, 6) is 0.00387. The highest BCUT2D eigenvalue weighted by atomic mass is 35.5. The Kier molecular flexibility index (Phi) is 8.42. The number of hydrogen-bond acceptors (Lipinski definition) is 4. The molecule has 6 heteroatoms. The van der Waals surface area contributed by atoms with Gasteiger partial charge in [0.1, 0.15) is 0 Å². The van der Waals surface area contributed by atoms with Gasteiger partial charge < -0.3 is 20.1 Å². The summed E-state index contributed by atoms with van der Waals surface area (Å²) < 4.78 is 10.9. The van der Waals surface area contributed by atoms with E-state index in [9.17, 15) is 4.79 Å². The Bertz CT molecular complexity index is 445. The lowest BCUT2D eigenvalue weighted by molar-refractivity contribution is -0.117. The van der Waals surface area contributed by atoms with Crippen LogP contribution in [0.4, 0.5) is 5.69 Å². The number of nitrogens with one attached hydrogen (secondary N) is 2. The monoisotopic (exact) mass is 328 g/mol. The standard InChI is InChI=1S/C16H24N2O3.ClH/c1-12(2)21-10-13-3-5-14(6-4-13)18-16(19)9-15-11-20-8-7-17-15;/h3-6,12,15,17H,7-11H2,1-2H3,(H,18,19);1H. The molecule has 1 aliphatic rings. The van der Waals surface area contributed by atoms with Gasteiger partial charge in [0.2, 0.25) is 5.91 Å². The van der Waals surface area contributed by atoms with Crippen LogP contribution in [0.5, 0.6) is 0 Å². The van der Waals surface area contributed by atoms with Gasteiger partial charge in [0.05, 0.1) is 25.9 Å². The summed E-state index contributed by atoms with van der Waals surface area (Å²) in [4.78, 5) is 11.9. The first-order valence-corrected chi connectivity index (χ1v) is 7.45. The van der Waals surface area contributed by atoms with Crippen LogP contribution in [0.15, 0.2) is 24.3 Å². The fraction of sp³-hybridized carbons (Fsp3) is 0.562. The van der Waals surface area contributed by atoms with Crippen molar-refractivity contribution in [2.75, 3.05) is 25.1 Å². The summed E-state index contributed by atoms with van der Waals surface area (Å²) in [6.45, 7) is 6.74. The second-order valence-electron chi connectivity index (χ2n) is 5.53. The van der Waals surface area contributed by atoms with Crippen LogP contribution < -0.4 is 10.6 Å². The van der Waals surface area contributed by atoms with Crippen LogP contribution in [-0.4, -0.2) is 37.8 Å². The number of morpholine rings is 1. The van der Waals surface area contributed by atoms with Crippen molar-refractivity contribution < 1.29 is 14.3 Å². The molecular formula is C16H25ClN2O3. The highest BCUT2D eigenvalue weighted by Crippen LogP contribution is 2.12. The van der Waals surface area contributed by atoms with Gasteiger partial charge in [-0.3, -0.25) is 4.79 Å². The molecule has 0 aromatic heterocycles. The third-order valence-electron chi connectivity index (χ3n) is 3.25. The summed E-state index contributed by atoms with van der Waals surface area (Å²) in [6, 6.07) is 7.86. The molecule has 22 heavy (non-hydrogen) atoms. The largest absolute Gasteiger partial charge is 0.378 e. The Morgan fingerprint density at radius 3 is 2.73 bits per heavy atom. The van der Waals surface area contributed by atoms with Gasteiger partial charge >= 0.3 is 0 Å². The first kappa shape index (κ1) is 18.9. The minimum Gasteiger partial charge on any atom is -0.378 e. The lowest BCUT2D eigenvalue weighted by Crippen LogP contribution is -2.43. The number of carbonyl (C=O) groups excluding carboxylic acids is 1. The van der Waals surface area contributed by atoms with Crippen molar-refractivity contribution in [3.63, 3.8) is 0 Å². The first-order valence-electron chi connectivity index (χ1n) is 7.45. The second kappa shape index (κ2) is 9.79. The van der Waals surface area contributed by atoms with Gasteiger partial charge in [-0.15, -0.1) is 12.4 Å². The predicted octanol–water partition coefficient (Wildman–Crippen LogP) is 2.35. The van der Waals surface area contributed by atoms with E-state index in [1.807, 2.05) is 38.1 Å². The zero-order valence-electron chi connectivity index (χ0n) is 13.1. The molecule has 2 N–H and O–H groups in total. The molecule has 0 aliphatic carbocycles. The molecule has 5 nitrogen and oxygen atoms in total. The summed E-state index contributed by atoms with van der Waals surface area (Å²) >= 11 is 0. The molecule has 0 saturated carbocycles. The Labute approximate surface area is 138 Å². The molecule has 1 aliphatic heterocycles. The maximum atomic E-state index is 11.9. The zero-order valence-corrected chi connectivity index (χ0v) is 13.9. The van der Waals surface area contributed by atoms with E-state index in [4.69, 9.17) is 9.47 Å². The third-order valence-corrected chi connectivity index (χ3v) is 3.25. The third kappa shape index (κ3) is 6.75. The smallest absolute Gasteiger partial charge is 0.226 e. The SMILES string of the molecule is CC(C)OCc1ccc(NC(=O)CC2COCCN2)cc1.Cl. The van der Waals surface area contributed by atoms with E-state index in [2.05, 4.69) is 10.6 Å². The molecule has 1 atom stereocenters. The van der Waals surface area contributed by atoms with E-state index in [1.54, 1.807) is 0 Å². The van der Waals surface area contributed by atoms with Gasteiger partial charge in [-0.2, -0.15) is 0 Å². The molecule has 1 fully saturated rings. The van der Waals surface area contributed by atoms with Gasteiger partial charge in [0.25, 0.3) is 0 Å². The highest BCUT2D eigenvalue weighted by molar-refractivity contribution is 5.91. The van der Waals surface area contributed by atoms with Gasteiger partial charge in [-0.1, -0.05) is 12.1 Å². The number of ether oxygens (including phenoxy) is 2. The maximum absolute atomic E-state index is 11.9. The van der Waals surface area contributed by atoms with E-state index in [0.717, 1.165) is 24.4 Å². The number of halogens is 1. The number of benzene rings is 1. The molecule has 1 heterocycles. The van der Waals surface area contributed by atoms with Crippen LogP contribution in [-0.2, 0) is 20.9 Å². The Hall–Kier alpha value is -1.14. The molecule has 1 aromatic carbocycles. The van der Waals surface area contributed by atoms with E-state index in [1.165, 1.54) is 0 Å². The molecule has 1 unspecified atom stereocenters. The van der Waals surface area contributed by atoms with E-state index >= 15 is 0 Å². The van der Waals surface area contributed by atoms with Crippen molar-refractivity contribution in [2.45, 2.75) is 39.0 Å². The van der Waals surface area contributed by atoms with Crippen molar-refractivity contribution in [3.8, 4) is 0 Å². The van der Waals surface area contributed by atoms with E-state index in [0.29, 0.717) is 19.6 Å². The molecule has 1 saturated heterocycles. The van der Waals surface area contributed by atoms with Crippen molar-refractivity contribution in [1.29, 1.82) is 0 Å². The van der Waals surface area contributed by atoms with Crippen molar-refractivity contribution in [3.05, 3.63) is 29.8 Å². The number of anilines is 1. The fourth-order valence-electron chi connectivity index (χ4n) is 2.13. The average molecular weight is 329 g/mol. The highest BCUT2D eigenvalue weighted by Gasteiger charge is 2.16. The van der Waals surface area contributed by atoms with Crippen molar-refractivity contribution >= 4 is 24.0 Å². The Balaban J connectivity index is 0.00000242. The van der Waals surface area contributed by atoms with Crippen molar-refractivity contribution in [2.24, 2.45) is 0 Å². The van der Waals surface area contributed by atoms with Crippen LogP contribution in [0.3, 0.4) is 0 Å². The maximum Gasteiger partial charge on any atom is 0.226 e. The van der Waals surface area contributed by atoms with Gasteiger partial charge in [-0.25, -0.2) is 0 Å². The Morgan fingerprint density at radius 1 is 1.41 bits per heavy atom. The zero-order chi connectivity index (χ0) is 15.1. The molecule has 124 valence electrons. The molecule has 2 rings (SSSR count). The molecular weight excluding hydrogens is 304 g/mol. The van der Waals surface area contributed by atoms with Crippen LogP contribution in [0.2, 0.25) is 0 Å². The van der Waals surface area contributed by atoms with Gasteiger partial charge in [0, 0.05) is 24.7 Å². The number of amides is 1.